The molecule has 262 valence electrons. The van der Waals surface area contributed by atoms with E-state index < -0.39 is 0 Å². The average Bonchev–Trinajstić information content (AvgIpc) is 3.83. The second-order valence-corrected chi connectivity index (χ2v) is 14.0. The van der Waals surface area contributed by atoms with Crippen LogP contribution < -0.4 is 0 Å². The molecule has 5 nitrogen and oxygen atoms in total. The lowest BCUT2D eigenvalue weighted by Crippen LogP contribution is -2.06. The van der Waals surface area contributed by atoms with Crippen molar-refractivity contribution < 1.29 is 4.42 Å². The van der Waals surface area contributed by atoms with Crippen LogP contribution in [0.5, 0.6) is 0 Å². The van der Waals surface area contributed by atoms with Crippen molar-refractivity contribution in [3.63, 3.8) is 0 Å². The summed E-state index contributed by atoms with van der Waals surface area (Å²) in [5.74, 6) is 1.80. The number of furan rings is 1. The minimum Gasteiger partial charge on any atom is -0.455 e. The van der Waals surface area contributed by atoms with Gasteiger partial charge in [0, 0.05) is 38.2 Å². The molecule has 0 unspecified atom stereocenters. The summed E-state index contributed by atoms with van der Waals surface area (Å²) in [6.45, 7) is 0. The molecule has 5 heteroatoms. The molecule has 3 aromatic heterocycles. The van der Waals surface area contributed by atoms with Crippen LogP contribution in [0.4, 0.5) is 0 Å². The van der Waals surface area contributed by atoms with E-state index in [-0.39, 0.29) is 0 Å². The molecule has 0 radical (unpaired) electrons. The van der Waals surface area contributed by atoms with Crippen LogP contribution in [0.3, 0.4) is 0 Å². The van der Waals surface area contributed by atoms with E-state index in [1.54, 1.807) is 0 Å². The number of hydrogen-bond donors (Lipinski definition) is 0. The van der Waals surface area contributed by atoms with Crippen LogP contribution >= 0.6 is 0 Å². The summed E-state index contributed by atoms with van der Waals surface area (Å²) >= 11 is 0. The van der Waals surface area contributed by atoms with Crippen molar-refractivity contribution in [1.29, 1.82) is 0 Å². The third kappa shape index (κ3) is 5.29. The van der Waals surface area contributed by atoms with Crippen LogP contribution in [0, 0.1) is 0 Å². The van der Waals surface area contributed by atoms with Crippen LogP contribution in [-0.2, 0) is 0 Å². The molecule has 0 N–H and O–H groups in total. The predicted octanol–water partition coefficient (Wildman–Crippen LogP) is 13.2. The van der Waals surface area contributed by atoms with Gasteiger partial charge < -0.3 is 4.42 Å². The molecule has 11 rings (SSSR count). The second-order valence-electron chi connectivity index (χ2n) is 14.0. The van der Waals surface area contributed by atoms with Crippen LogP contribution in [-0.4, -0.2) is 19.5 Å². The van der Waals surface area contributed by atoms with Gasteiger partial charge in [0.15, 0.2) is 11.6 Å². The van der Waals surface area contributed by atoms with Crippen LogP contribution in [0.1, 0.15) is 0 Å². The van der Waals surface area contributed by atoms with E-state index in [1.165, 1.54) is 5.56 Å². The van der Waals surface area contributed by atoms with E-state index in [0.29, 0.717) is 17.6 Å². The average molecular weight is 717 g/mol. The molecule has 0 saturated carbocycles. The highest BCUT2D eigenvalue weighted by Crippen LogP contribution is 2.43. The van der Waals surface area contributed by atoms with E-state index in [0.717, 1.165) is 82.7 Å². The van der Waals surface area contributed by atoms with E-state index in [9.17, 15) is 0 Å². The molecule has 11 aromatic rings. The first kappa shape index (κ1) is 31.9. The van der Waals surface area contributed by atoms with Gasteiger partial charge in [-0.1, -0.05) is 164 Å². The molecular weight excluding hydrogens is 685 g/mol. The number of hydrogen-bond acceptors (Lipinski definition) is 4. The molecule has 0 saturated heterocycles. The SMILES string of the molecule is c1ccc(-c2ccc(-c3nc(-c4ccccc4)nc(-n4c5ccccc5c5cc(-c6ccc(-c7ccccc7)c7oc8ccccc8c67)ccc54)n3)cc2)cc1. The second kappa shape index (κ2) is 13.0. The van der Waals surface area contributed by atoms with Gasteiger partial charge in [-0.3, -0.25) is 4.57 Å². The maximum atomic E-state index is 6.62. The van der Waals surface area contributed by atoms with Crippen molar-refractivity contribution >= 4 is 43.7 Å². The number of nitrogens with zero attached hydrogens (tertiary/aromatic N) is 4. The molecule has 0 aliphatic rings. The fourth-order valence-electron chi connectivity index (χ4n) is 8.02. The van der Waals surface area contributed by atoms with Crippen LogP contribution in [0.25, 0.3) is 106 Å². The number of benzene rings is 8. The normalized spacial score (nSPS) is 11.6. The van der Waals surface area contributed by atoms with Gasteiger partial charge in [0.25, 0.3) is 0 Å². The molecule has 0 amide bonds. The monoisotopic (exact) mass is 716 g/mol. The highest BCUT2D eigenvalue weighted by Gasteiger charge is 2.21. The molecule has 0 spiro atoms. The van der Waals surface area contributed by atoms with Crippen molar-refractivity contribution in [2.75, 3.05) is 0 Å². The molecule has 56 heavy (non-hydrogen) atoms. The molecule has 0 atom stereocenters. The van der Waals surface area contributed by atoms with Gasteiger partial charge in [0.2, 0.25) is 5.95 Å². The number of rotatable bonds is 6. The van der Waals surface area contributed by atoms with Crippen LogP contribution in [0.15, 0.2) is 199 Å². The summed E-state index contributed by atoms with van der Waals surface area (Å²) in [5, 5.41) is 4.44. The van der Waals surface area contributed by atoms with Crippen molar-refractivity contribution in [2.24, 2.45) is 0 Å². The maximum Gasteiger partial charge on any atom is 0.238 e. The molecule has 0 bridgehead atoms. The quantitative estimate of drug-likeness (QED) is 0.172. The molecule has 0 fully saturated rings. The lowest BCUT2D eigenvalue weighted by molar-refractivity contribution is 0.670. The van der Waals surface area contributed by atoms with Crippen LogP contribution in [0.2, 0.25) is 0 Å². The Kier molecular flexibility index (Phi) is 7.42. The van der Waals surface area contributed by atoms with Gasteiger partial charge in [-0.05, 0) is 58.1 Å². The fraction of sp³-hybridized carbons (Fsp3) is 0. The Balaban J connectivity index is 1.11. The van der Waals surface area contributed by atoms with Gasteiger partial charge in [-0.15, -0.1) is 0 Å². The van der Waals surface area contributed by atoms with Crippen molar-refractivity contribution in [2.45, 2.75) is 0 Å². The zero-order valence-corrected chi connectivity index (χ0v) is 30.2. The largest absolute Gasteiger partial charge is 0.455 e. The zero-order valence-electron chi connectivity index (χ0n) is 30.2. The summed E-state index contributed by atoms with van der Waals surface area (Å²) in [7, 11) is 0. The molecule has 0 aliphatic carbocycles. The maximum absolute atomic E-state index is 6.62. The van der Waals surface area contributed by atoms with E-state index >= 15 is 0 Å². The Bertz CT molecular complexity index is 3220. The lowest BCUT2D eigenvalue weighted by Gasteiger charge is -2.12. The fourth-order valence-corrected chi connectivity index (χ4v) is 8.02. The van der Waals surface area contributed by atoms with E-state index in [4.69, 9.17) is 19.4 Å². The molecule has 3 heterocycles. The smallest absolute Gasteiger partial charge is 0.238 e. The number of fused-ring (bicyclic) bond motifs is 6. The molecule has 0 aliphatic heterocycles. The highest BCUT2D eigenvalue weighted by atomic mass is 16.3. The summed E-state index contributed by atoms with van der Waals surface area (Å²) in [6.07, 6.45) is 0. The first-order chi connectivity index (χ1) is 27.8. The van der Waals surface area contributed by atoms with Gasteiger partial charge >= 0.3 is 0 Å². The van der Waals surface area contributed by atoms with Gasteiger partial charge in [-0.25, -0.2) is 4.98 Å². The van der Waals surface area contributed by atoms with Gasteiger partial charge in [-0.2, -0.15) is 9.97 Å². The van der Waals surface area contributed by atoms with Crippen molar-refractivity contribution in [1.82, 2.24) is 19.5 Å². The Morgan fingerprint density at radius 3 is 1.61 bits per heavy atom. The van der Waals surface area contributed by atoms with Gasteiger partial charge in [0.05, 0.1) is 11.0 Å². The Morgan fingerprint density at radius 1 is 0.357 bits per heavy atom. The highest BCUT2D eigenvalue weighted by molar-refractivity contribution is 6.17. The summed E-state index contributed by atoms with van der Waals surface area (Å²) in [5.41, 5.74) is 12.4. The summed E-state index contributed by atoms with van der Waals surface area (Å²) in [6, 6.07) is 67.4. The lowest BCUT2D eigenvalue weighted by atomic mass is 9.94. The van der Waals surface area contributed by atoms with Crippen molar-refractivity contribution in [3.8, 4) is 62.1 Å². The van der Waals surface area contributed by atoms with E-state index in [2.05, 4.69) is 150 Å². The first-order valence-corrected chi connectivity index (χ1v) is 18.8. The Morgan fingerprint density at radius 2 is 0.875 bits per heavy atom. The van der Waals surface area contributed by atoms with E-state index in [1.807, 2.05) is 48.5 Å². The summed E-state index contributed by atoms with van der Waals surface area (Å²) < 4.78 is 8.79. The minimum atomic E-state index is 0.565. The third-order valence-corrected chi connectivity index (χ3v) is 10.7. The zero-order chi connectivity index (χ0) is 37.0. The Hall–Kier alpha value is -7.63. The molecule has 8 aromatic carbocycles. The Labute approximate surface area is 322 Å². The van der Waals surface area contributed by atoms with Gasteiger partial charge in [0.1, 0.15) is 11.2 Å². The summed E-state index contributed by atoms with van der Waals surface area (Å²) in [4.78, 5) is 15.4. The number of para-hydroxylation sites is 2. The first-order valence-electron chi connectivity index (χ1n) is 18.8. The minimum absolute atomic E-state index is 0.565. The van der Waals surface area contributed by atoms with Crippen molar-refractivity contribution in [3.05, 3.63) is 194 Å². The predicted molar refractivity (Wildman–Crippen MR) is 229 cm³/mol. The number of aromatic nitrogens is 4. The third-order valence-electron chi connectivity index (χ3n) is 10.7. The topological polar surface area (TPSA) is 56.7 Å². The standard InChI is InChI=1S/C51H32N4O/c1-4-14-33(15-5-1)34-24-26-37(27-25-34)50-52-49(36-18-8-3-9-19-36)53-51(54-50)55-44-22-12-10-20-41(44)43-32-38(28-31-45(43)55)39-29-30-40(35-16-6-2-7-17-35)48-47(39)42-21-11-13-23-46(42)56-48/h1-32H. The molecular formula is C51H32N4O.